The Balaban J connectivity index is 2.19. The minimum Gasteiger partial charge on any atom is -0.477 e. The zero-order chi connectivity index (χ0) is 15.3. The summed E-state index contributed by atoms with van der Waals surface area (Å²) in [4.78, 5) is 12.5. The van der Waals surface area contributed by atoms with Gasteiger partial charge in [-0.25, -0.2) is 15.0 Å². The molecule has 0 aromatic carbocycles. The van der Waals surface area contributed by atoms with E-state index in [0.717, 1.165) is 6.26 Å². The molecule has 2 aromatic heterocycles. The minimum absolute atomic E-state index is 0.0928. The van der Waals surface area contributed by atoms with Crippen LogP contribution in [0.3, 0.4) is 0 Å². The summed E-state index contributed by atoms with van der Waals surface area (Å²) in [5.41, 5.74) is 1.24. The van der Waals surface area contributed by atoms with E-state index >= 15 is 0 Å². The molecule has 0 amide bonds. The van der Waals surface area contributed by atoms with Crippen molar-refractivity contribution in [1.82, 2.24) is 15.0 Å². The Hall–Kier alpha value is -2.06. The van der Waals surface area contributed by atoms with E-state index in [2.05, 4.69) is 19.1 Å². The fourth-order valence-corrected chi connectivity index (χ4v) is 1.91. The Kier molecular flexibility index (Phi) is 4.81. The second-order valence-electron chi connectivity index (χ2n) is 4.17. The molecule has 8 heteroatoms. The molecule has 0 spiro atoms. The highest BCUT2D eigenvalue weighted by molar-refractivity contribution is 7.85. The van der Waals surface area contributed by atoms with Gasteiger partial charge in [0.1, 0.15) is 0 Å². The Bertz CT molecular complexity index is 702. The summed E-state index contributed by atoms with van der Waals surface area (Å²) in [6, 6.07) is 3.57. The molecule has 0 radical (unpaired) electrons. The summed E-state index contributed by atoms with van der Waals surface area (Å²) in [5.74, 6) is 0.912. The molecule has 0 N–H and O–H groups in total. The molecular formula is C13H15N3O4S. The summed E-state index contributed by atoms with van der Waals surface area (Å²) >= 11 is 0. The van der Waals surface area contributed by atoms with E-state index in [1.165, 1.54) is 12.4 Å². The Morgan fingerprint density at radius 2 is 1.90 bits per heavy atom. The summed E-state index contributed by atoms with van der Waals surface area (Å²) in [6.07, 6.45) is 5.64. The SMILES string of the molecule is CCOc1ncccc1-c1ncc(COS(C)(=O)=O)cn1. The highest BCUT2D eigenvalue weighted by Gasteiger charge is 2.10. The lowest BCUT2D eigenvalue weighted by molar-refractivity contribution is 0.311. The summed E-state index contributed by atoms with van der Waals surface area (Å²) in [7, 11) is -3.48. The van der Waals surface area contributed by atoms with Crippen LogP contribution >= 0.6 is 0 Å². The van der Waals surface area contributed by atoms with Gasteiger partial charge >= 0.3 is 0 Å². The van der Waals surface area contributed by atoms with Crippen molar-refractivity contribution >= 4 is 10.1 Å². The largest absolute Gasteiger partial charge is 0.477 e. The number of hydrogen-bond donors (Lipinski definition) is 0. The van der Waals surface area contributed by atoms with E-state index in [0.29, 0.717) is 29.4 Å². The molecule has 0 bridgehead atoms. The van der Waals surface area contributed by atoms with Crippen LogP contribution in [-0.4, -0.2) is 36.2 Å². The van der Waals surface area contributed by atoms with Gasteiger partial charge in [0.15, 0.2) is 5.82 Å². The molecule has 0 aliphatic heterocycles. The maximum Gasteiger partial charge on any atom is 0.264 e. The van der Waals surface area contributed by atoms with Gasteiger partial charge < -0.3 is 4.74 Å². The molecule has 0 atom stereocenters. The van der Waals surface area contributed by atoms with Crippen molar-refractivity contribution in [2.45, 2.75) is 13.5 Å². The van der Waals surface area contributed by atoms with Crippen LogP contribution in [-0.2, 0) is 20.9 Å². The Morgan fingerprint density at radius 1 is 1.19 bits per heavy atom. The van der Waals surface area contributed by atoms with E-state index in [4.69, 9.17) is 4.74 Å². The van der Waals surface area contributed by atoms with Crippen LogP contribution in [0.4, 0.5) is 0 Å². The predicted molar refractivity (Wildman–Crippen MR) is 76.1 cm³/mol. The first kappa shape index (κ1) is 15.3. The van der Waals surface area contributed by atoms with Crippen LogP contribution in [0.2, 0.25) is 0 Å². The maximum absolute atomic E-state index is 10.9. The topological polar surface area (TPSA) is 91.3 Å². The monoisotopic (exact) mass is 309 g/mol. The first-order valence-electron chi connectivity index (χ1n) is 6.23. The standard InChI is InChI=1S/C13H15N3O4S/c1-3-19-13-11(5-4-6-14-13)12-15-7-10(8-16-12)9-20-21(2,17)18/h4-8H,3,9H2,1-2H3. The molecule has 112 valence electrons. The van der Waals surface area contributed by atoms with Crippen molar-refractivity contribution in [3.05, 3.63) is 36.3 Å². The van der Waals surface area contributed by atoms with Gasteiger partial charge in [0, 0.05) is 24.2 Å². The number of rotatable bonds is 6. The average molecular weight is 309 g/mol. The van der Waals surface area contributed by atoms with Gasteiger partial charge in [-0.1, -0.05) is 0 Å². The smallest absolute Gasteiger partial charge is 0.264 e. The van der Waals surface area contributed by atoms with Crippen molar-refractivity contribution in [2.75, 3.05) is 12.9 Å². The molecule has 21 heavy (non-hydrogen) atoms. The van der Waals surface area contributed by atoms with Crippen molar-refractivity contribution in [2.24, 2.45) is 0 Å². The van der Waals surface area contributed by atoms with Crippen molar-refractivity contribution < 1.29 is 17.3 Å². The molecule has 7 nitrogen and oxygen atoms in total. The van der Waals surface area contributed by atoms with Gasteiger partial charge in [-0.2, -0.15) is 8.42 Å². The first-order chi connectivity index (χ1) is 9.99. The summed E-state index contributed by atoms with van der Waals surface area (Å²) < 4.78 is 31.9. The third-order valence-electron chi connectivity index (χ3n) is 2.44. The van der Waals surface area contributed by atoms with Crippen molar-refractivity contribution in [1.29, 1.82) is 0 Å². The zero-order valence-electron chi connectivity index (χ0n) is 11.7. The summed E-state index contributed by atoms with van der Waals surface area (Å²) in [5, 5.41) is 0. The van der Waals surface area contributed by atoms with Crippen molar-refractivity contribution in [3.63, 3.8) is 0 Å². The molecular weight excluding hydrogens is 294 g/mol. The van der Waals surface area contributed by atoms with Crippen molar-refractivity contribution in [3.8, 4) is 17.3 Å². The molecule has 2 rings (SSSR count). The molecule has 0 saturated carbocycles. The highest BCUT2D eigenvalue weighted by atomic mass is 32.2. The molecule has 0 saturated heterocycles. The van der Waals surface area contributed by atoms with Gasteiger partial charge in [0.2, 0.25) is 5.88 Å². The average Bonchev–Trinajstić information content (AvgIpc) is 2.46. The molecule has 0 aliphatic rings. The highest BCUT2D eigenvalue weighted by Crippen LogP contribution is 2.24. The lowest BCUT2D eigenvalue weighted by atomic mass is 10.2. The molecule has 0 aliphatic carbocycles. The van der Waals surface area contributed by atoms with Crippen LogP contribution in [0.25, 0.3) is 11.4 Å². The molecule has 0 fully saturated rings. The fourth-order valence-electron chi connectivity index (χ4n) is 1.56. The third kappa shape index (κ3) is 4.47. The number of aromatic nitrogens is 3. The second-order valence-corrected chi connectivity index (χ2v) is 5.81. The van der Waals surface area contributed by atoms with Crippen LogP contribution in [0.15, 0.2) is 30.7 Å². The quantitative estimate of drug-likeness (QED) is 0.745. The number of pyridine rings is 1. The van der Waals surface area contributed by atoms with Gasteiger partial charge in [-0.15, -0.1) is 0 Å². The minimum atomic E-state index is -3.48. The van der Waals surface area contributed by atoms with Gasteiger partial charge in [-0.05, 0) is 19.1 Å². The normalized spacial score (nSPS) is 11.3. The van der Waals surface area contributed by atoms with E-state index in [1.54, 1.807) is 18.3 Å². The first-order valence-corrected chi connectivity index (χ1v) is 8.04. The Labute approximate surface area is 123 Å². The number of hydrogen-bond acceptors (Lipinski definition) is 7. The van der Waals surface area contributed by atoms with E-state index < -0.39 is 10.1 Å². The van der Waals surface area contributed by atoms with E-state index in [-0.39, 0.29) is 6.61 Å². The van der Waals surface area contributed by atoms with Gasteiger partial charge in [-0.3, -0.25) is 4.18 Å². The number of nitrogens with zero attached hydrogens (tertiary/aromatic N) is 3. The Morgan fingerprint density at radius 3 is 2.52 bits per heavy atom. The molecule has 2 heterocycles. The molecule has 2 aromatic rings. The van der Waals surface area contributed by atoms with E-state index in [1.807, 2.05) is 6.92 Å². The van der Waals surface area contributed by atoms with Gasteiger partial charge in [0.05, 0.1) is 25.0 Å². The second kappa shape index (κ2) is 6.59. The van der Waals surface area contributed by atoms with Crippen LogP contribution < -0.4 is 4.74 Å². The zero-order valence-corrected chi connectivity index (χ0v) is 12.5. The third-order valence-corrected chi connectivity index (χ3v) is 2.98. The van der Waals surface area contributed by atoms with E-state index in [9.17, 15) is 8.42 Å². The molecule has 0 unspecified atom stereocenters. The van der Waals surface area contributed by atoms with Crippen LogP contribution in [0, 0.1) is 0 Å². The lowest BCUT2D eigenvalue weighted by Gasteiger charge is -2.07. The summed E-state index contributed by atoms with van der Waals surface area (Å²) in [6.45, 7) is 2.26. The van der Waals surface area contributed by atoms with Crippen LogP contribution in [0.5, 0.6) is 5.88 Å². The maximum atomic E-state index is 10.9. The van der Waals surface area contributed by atoms with Crippen LogP contribution in [0.1, 0.15) is 12.5 Å². The fraction of sp³-hybridized carbons (Fsp3) is 0.308. The van der Waals surface area contributed by atoms with Gasteiger partial charge in [0.25, 0.3) is 10.1 Å². The predicted octanol–water partition coefficient (Wildman–Crippen LogP) is 1.41. The lowest BCUT2D eigenvalue weighted by Crippen LogP contribution is -2.04. The number of ether oxygens (including phenoxy) is 1.